The van der Waals surface area contributed by atoms with Crippen molar-refractivity contribution in [2.24, 2.45) is 0 Å². The van der Waals surface area contributed by atoms with Gasteiger partial charge < -0.3 is 0 Å². The highest BCUT2D eigenvalue weighted by Crippen LogP contribution is 2.29. The fraction of sp³-hybridized carbons (Fsp3) is 0.0556. The molecule has 0 saturated heterocycles. The Labute approximate surface area is 135 Å². The lowest BCUT2D eigenvalue weighted by molar-refractivity contribution is -0.137. The van der Waals surface area contributed by atoms with Crippen molar-refractivity contribution < 1.29 is 18.0 Å². The minimum Gasteiger partial charge on any atom is -0.289 e. The molecule has 0 unspecified atom stereocenters. The predicted octanol–water partition coefficient (Wildman–Crippen LogP) is 4.54. The Balaban J connectivity index is 1.79. The number of halogens is 3. The topological polar surface area (TPSA) is 42.9 Å². The molecule has 0 fully saturated rings. The van der Waals surface area contributed by atoms with Gasteiger partial charge >= 0.3 is 6.18 Å². The molecule has 0 spiro atoms. The van der Waals surface area contributed by atoms with Crippen LogP contribution in [0.4, 0.5) is 13.2 Å². The number of aromatic nitrogens is 2. The maximum Gasteiger partial charge on any atom is 0.416 e. The van der Waals surface area contributed by atoms with E-state index in [0.29, 0.717) is 5.52 Å². The SMILES string of the molecule is O=C(/C=C/c1ccc2nccnc2c1)c1ccc(C(F)(F)F)cc1. The fourth-order valence-corrected chi connectivity index (χ4v) is 2.18. The number of rotatable bonds is 3. The number of alkyl halides is 3. The van der Waals surface area contributed by atoms with Crippen LogP contribution in [0.3, 0.4) is 0 Å². The molecule has 0 aliphatic heterocycles. The van der Waals surface area contributed by atoms with Gasteiger partial charge in [0, 0.05) is 18.0 Å². The van der Waals surface area contributed by atoms with Crippen molar-refractivity contribution in [1.29, 1.82) is 0 Å². The normalized spacial score (nSPS) is 12.0. The molecule has 1 heterocycles. The highest BCUT2D eigenvalue weighted by molar-refractivity contribution is 6.06. The van der Waals surface area contributed by atoms with Gasteiger partial charge in [-0.05, 0) is 35.9 Å². The summed E-state index contributed by atoms with van der Waals surface area (Å²) >= 11 is 0. The molecule has 120 valence electrons. The fourth-order valence-electron chi connectivity index (χ4n) is 2.18. The molecule has 0 aliphatic rings. The van der Waals surface area contributed by atoms with E-state index in [1.807, 2.05) is 0 Å². The van der Waals surface area contributed by atoms with Crippen molar-refractivity contribution in [2.75, 3.05) is 0 Å². The van der Waals surface area contributed by atoms with Crippen molar-refractivity contribution in [1.82, 2.24) is 9.97 Å². The number of nitrogens with zero attached hydrogens (tertiary/aromatic N) is 2. The van der Waals surface area contributed by atoms with Gasteiger partial charge in [-0.1, -0.05) is 24.3 Å². The van der Waals surface area contributed by atoms with Gasteiger partial charge in [0.05, 0.1) is 16.6 Å². The summed E-state index contributed by atoms with van der Waals surface area (Å²) in [7, 11) is 0. The van der Waals surface area contributed by atoms with Crippen LogP contribution in [0.1, 0.15) is 21.5 Å². The van der Waals surface area contributed by atoms with E-state index >= 15 is 0 Å². The third-order valence-electron chi connectivity index (χ3n) is 3.42. The minimum absolute atomic E-state index is 0.194. The van der Waals surface area contributed by atoms with Gasteiger partial charge in [-0.2, -0.15) is 13.2 Å². The molecule has 0 saturated carbocycles. The van der Waals surface area contributed by atoms with E-state index in [2.05, 4.69) is 9.97 Å². The molecule has 3 aromatic rings. The summed E-state index contributed by atoms with van der Waals surface area (Å²) in [4.78, 5) is 20.4. The lowest BCUT2D eigenvalue weighted by atomic mass is 10.1. The van der Waals surface area contributed by atoms with Crippen LogP contribution >= 0.6 is 0 Å². The molecule has 0 amide bonds. The summed E-state index contributed by atoms with van der Waals surface area (Å²) in [6.45, 7) is 0. The Morgan fingerprint density at radius 1 is 0.917 bits per heavy atom. The maximum absolute atomic E-state index is 12.5. The number of hydrogen-bond acceptors (Lipinski definition) is 3. The Morgan fingerprint density at radius 3 is 2.25 bits per heavy atom. The Morgan fingerprint density at radius 2 is 1.58 bits per heavy atom. The van der Waals surface area contributed by atoms with Crippen LogP contribution in [0.25, 0.3) is 17.1 Å². The number of allylic oxidation sites excluding steroid dienone is 1. The molecule has 1 aromatic heterocycles. The van der Waals surface area contributed by atoms with Gasteiger partial charge in [-0.3, -0.25) is 14.8 Å². The second-order valence-electron chi connectivity index (χ2n) is 5.08. The largest absolute Gasteiger partial charge is 0.416 e. The predicted molar refractivity (Wildman–Crippen MR) is 84.3 cm³/mol. The van der Waals surface area contributed by atoms with Gasteiger partial charge in [0.2, 0.25) is 0 Å². The van der Waals surface area contributed by atoms with Crippen molar-refractivity contribution in [3.63, 3.8) is 0 Å². The summed E-state index contributed by atoms with van der Waals surface area (Å²) in [5, 5.41) is 0. The third-order valence-corrected chi connectivity index (χ3v) is 3.42. The second-order valence-corrected chi connectivity index (χ2v) is 5.08. The molecule has 0 bridgehead atoms. The highest BCUT2D eigenvalue weighted by Gasteiger charge is 2.30. The first kappa shape index (κ1) is 15.9. The van der Waals surface area contributed by atoms with Gasteiger partial charge in [-0.25, -0.2) is 0 Å². The first-order chi connectivity index (χ1) is 11.4. The molecular weight excluding hydrogens is 317 g/mol. The summed E-state index contributed by atoms with van der Waals surface area (Å²) in [5.41, 5.74) is 1.60. The molecule has 3 rings (SSSR count). The van der Waals surface area contributed by atoms with Crippen LogP contribution in [-0.2, 0) is 6.18 Å². The van der Waals surface area contributed by atoms with Crippen LogP contribution in [0.15, 0.2) is 60.9 Å². The van der Waals surface area contributed by atoms with Gasteiger partial charge in [0.25, 0.3) is 0 Å². The highest BCUT2D eigenvalue weighted by atomic mass is 19.4. The van der Waals surface area contributed by atoms with E-state index in [4.69, 9.17) is 0 Å². The molecule has 0 radical (unpaired) electrons. The summed E-state index contributed by atoms with van der Waals surface area (Å²) in [6.07, 6.45) is 1.66. The Bertz CT molecular complexity index is 915. The van der Waals surface area contributed by atoms with Crippen molar-refractivity contribution in [2.45, 2.75) is 6.18 Å². The molecule has 0 aliphatic carbocycles. The lowest BCUT2D eigenvalue weighted by Gasteiger charge is -2.06. The second kappa shape index (κ2) is 6.23. The quantitative estimate of drug-likeness (QED) is 0.523. The van der Waals surface area contributed by atoms with Crippen molar-refractivity contribution in [3.8, 4) is 0 Å². The number of benzene rings is 2. The molecular formula is C18H11F3N2O. The van der Waals surface area contributed by atoms with Crippen molar-refractivity contribution in [3.05, 3.63) is 77.6 Å². The molecule has 2 aromatic carbocycles. The van der Waals surface area contributed by atoms with Gasteiger partial charge in [0.1, 0.15) is 0 Å². The molecule has 0 N–H and O–H groups in total. The number of hydrogen-bond donors (Lipinski definition) is 0. The Kier molecular flexibility index (Phi) is 4.12. The molecule has 6 heteroatoms. The van der Waals surface area contributed by atoms with Gasteiger partial charge in [0.15, 0.2) is 5.78 Å². The van der Waals surface area contributed by atoms with E-state index < -0.39 is 11.7 Å². The zero-order valence-corrected chi connectivity index (χ0v) is 12.3. The van der Waals surface area contributed by atoms with E-state index in [9.17, 15) is 18.0 Å². The number of carbonyl (C=O) groups excluding carboxylic acids is 1. The van der Waals surface area contributed by atoms with Crippen LogP contribution in [0.2, 0.25) is 0 Å². The average Bonchev–Trinajstić information content (AvgIpc) is 2.59. The van der Waals surface area contributed by atoms with Crippen LogP contribution in [-0.4, -0.2) is 15.8 Å². The summed E-state index contributed by atoms with van der Waals surface area (Å²) in [5.74, 6) is -0.372. The molecule has 0 atom stereocenters. The van der Waals surface area contributed by atoms with E-state index in [-0.39, 0.29) is 11.3 Å². The molecule has 24 heavy (non-hydrogen) atoms. The van der Waals surface area contributed by atoms with E-state index in [1.165, 1.54) is 18.2 Å². The summed E-state index contributed by atoms with van der Waals surface area (Å²) < 4.78 is 37.5. The number of fused-ring (bicyclic) bond motifs is 1. The monoisotopic (exact) mass is 328 g/mol. The number of carbonyl (C=O) groups is 1. The number of ketones is 1. The van der Waals surface area contributed by atoms with Crippen LogP contribution in [0, 0.1) is 0 Å². The minimum atomic E-state index is -4.41. The van der Waals surface area contributed by atoms with Crippen LogP contribution < -0.4 is 0 Å². The smallest absolute Gasteiger partial charge is 0.289 e. The molecule has 3 nitrogen and oxygen atoms in total. The average molecular weight is 328 g/mol. The van der Waals surface area contributed by atoms with E-state index in [0.717, 1.165) is 23.2 Å². The maximum atomic E-state index is 12.5. The van der Waals surface area contributed by atoms with Gasteiger partial charge in [-0.15, -0.1) is 0 Å². The first-order valence-electron chi connectivity index (χ1n) is 7.04. The first-order valence-corrected chi connectivity index (χ1v) is 7.04. The Hall–Kier alpha value is -3.02. The third kappa shape index (κ3) is 3.48. The lowest BCUT2D eigenvalue weighted by Crippen LogP contribution is -2.05. The zero-order chi connectivity index (χ0) is 17.2. The summed E-state index contributed by atoms with van der Waals surface area (Å²) in [6, 6.07) is 9.47. The van der Waals surface area contributed by atoms with Crippen LogP contribution in [0.5, 0.6) is 0 Å². The van der Waals surface area contributed by atoms with Crippen molar-refractivity contribution >= 4 is 22.9 Å². The zero-order valence-electron chi connectivity index (χ0n) is 12.3. The van der Waals surface area contributed by atoms with E-state index in [1.54, 1.807) is 36.7 Å². The standard InChI is InChI=1S/C18H11F3N2O/c19-18(20,21)14-5-3-13(4-6-14)17(24)8-2-12-1-7-15-16(11-12)23-10-9-22-15/h1-11H/b8-2+.